The number of rotatable bonds is 3. The lowest BCUT2D eigenvalue weighted by Crippen LogP contribution is -2.48. The monoisotopic (exact) mass is 266 g/mol. The normalized spacial score (nSPS) is 14.9. The summed E-state index contributed by atoms with van der Waals surface area (Å²) in [5, 5.41) is 22.3. The first-order valence-corrected chi connectivity index (χ1v) is 5.38. The second-order valence-electron chi connectivity index (χ2n) is 3.90. The van der Waals surface area contributed by atoms with Crippen LogP contribution in [0.15, 0.2) is 12.3 Å². The van der Waals surface area contributed by atoms with Crippen LogP contribution in [-0.2, 0) is 4.79 Å². The van der Waals surface area contributed by atoms with Gasteiger partial charge in [-0.3, -0.25) is 14.9 Å². The molecule has 1 aliphatic heterocycles. The number of amides is 1. The number of carboxylic acid groups (broad SMARTS) is 1. The van der Waals surface area contributed by atoms with Gasteiger partial charge < -0.3 is 15.3 Å². The van der Waals surface area contributed by atoms with Crippen LogP contribution in [0.3, 0.4) is 0 Å². The van der Waals surface area contributed by atoms with Crippen molar-refractivity contribution < 1.29 is 19.6 Å². The van der Waals surface area contributed by atoms with Crippen LogP contribution in [-0.4, -0.2) is 46.5 Å². The van der Waals surface area contributed by atoms with Crippen LogP contribution in [0.2, 0.25) is 0 Å². The number of nitro groups is 1. The fourth-order valence-electron chi connectivity index (χ4n) is 1.76. The van der Waals surface area contributed by atoms with Crippen molar-refractivity contribution in [1.29, 1.82) is 0 Å². The number of pyridine rings is 1. The number of carbonyl (C=O) groups is 2. The maximum Gasteiger partial charge on any atom is 0.337 e. The van der Waals surface area contributed by atoms with Crippen molar-refractivity contribution in [2.24, 2.45) is 0 Å². The van der Waals surface area contributed by atoms with Crippen molar-refractivity contribution in [3.05, 3.63) is 27.9 Å². The third-order valence-corrected chi connectivity index (χ3v) is 2.63. The first kappa shape index (κ1) is 12.7. The molecular weight excluding hydrogens is 256 g/mol. The highest BCUT2D eigenvalue weighted by Crippen LogP contribution is 2.26. The minimum absolute atomic E-state index is 0.00449. The Balaban J connectivity index is 2.41. The minimum atomic E-state index is -1.29. The summed E-state index contributed by atoms with van der Waals surface area (Å²) in [6.45, 7) is 0.699. The lowest BCUT2D eigenvalue weighted by atomic mass is 10.2. The number of aromatic nitrogens is 1. The summed E-state index contributed by atoms with van der Waals surface area (Å²) in [6.07, 6.45) is 1.04. The number of nitrogens with one attached hydrogen (secondary N) is 1. The van der Waals surface area contributed by atoms with Gasteiger partial charge in [0.05, 0.1) is 17.0 Å². The second kappa shape index (κ2) is 4.88. The van der Waals surface area contributed by atoms with Gasteiger partial charge >= 0.3 is 11.7 Å². The number of piperazine rings is 1. The summed E-state index contributed by atoms with van der Waals surface area (Å²) in [4.78, 5) is 37.5. The van der Waals surface area contributed by atoms with Crippen molar-refractivity contribution in [2.75, 3.05) is 24.5 Å². The number of carboxylic acids is 1. The number of carbonyl (C=O) groups excluding carboxylic acids is 1. The standard InChI is InChI=1S/C10H10N4O5/c15-8-5-13(2-1-11-8)9-7(14(18)19)3-6(4-12-9)10(16)17/h3-4H,1-2,5H2,(H,11,15)(H,16,17). The van der Waals surface area contributed by atoms with E-state index in [0.717, 1.165) is 12.3 Å². The van der Waals surface area contributed by atoms with Gasteiger partial charge in [-0.15, -0.1) is 0 Å². The van der Waals surface area contributed by atoms with Gasteiger partial charge in [-0.05, 0) is 0 Å². The Labute approximate surface area is 107 Å². The van der Waals surface area contributed by atoms with Crippen LogP contribution in [0.5, 0.6) is 0 Å². The summed E-state index contributed by atoms with van der Waals surface area (Å²) < 4.78 is 0. The molecule has 0 bridgehead atoms. The molecule has 0 unspecified atom stereocenters. The molecule has 1 aromatic rings. The van der Waals surface area contributed by atoms with Crippen LogP contribution in [0.4, 0.5) is 11.5 Å². The molecule has 9 nitrogen and oxygen atoms in total. The maximum absolute atomic E-state index is 11.3. The molecule has 100 valence electrons. The molecular formula is C10H10N4O5. The summed E-state index contributed by atoms with van der Waals surface area (Å²) in [5.41, 5.74) is -0.688. The van der Waals surface area contributed by atoms with Crippen molar-refractivity contribution in [3.8, 4) is 0 Å². The number of anilines is 1. The summed E-state index contributed by atoms with van der Waals surface area (Å²) in [7, 11) is 0. The average Bonchev–Trinajstić information content (AvgIpc) is 2.37. The maximum atomic E-state index is 11.3. The number of aromatic carboxylic acids is 1. The van der Waals surface area contributed by atoms with Crippen molar-refractivity contribution >= 4 is 23.4 Å². The predicted octanol–water partition coefficient (Wildman–Crippen LogP) is -0.376. The molecule has 2 N–H and O–H groups in total. The van der Waals surface area contributed by atoms with Gasteiger partial charge in [-0.2, -0.15) is 0 Å². The Morgan fingerprint density at radius 1 is 1.58 bits per heavy atom. The Kier molecular flexibility index (Phi) is 3.27. The lowest BCUT2D eigenvalue weighted by molar-refractivity contribution is -0.384. The Bertz CT molecular complexity index is 559. The molecule has 1 saturated heterocycles. The first-order chi connectivity index (χ1) is 8.99. The van der Waals surface area contributed by atoms with E-state index in [1.54, 1.807) is 0 Å². The summed E-state index contributed by atoms with van der Waals surface area (Å²) in [6, 6.07) is 0.942. The number of hydrogen-bond donors (Lipinski definition) is 2. The molecule has 9 heteroatoms. The molecule has 19 heavy (non-hydrogen) atoms. The molecule has 0 aliphatic carbocycles. The molecule has 1 amide bonds. The first-order valence-electron chi connectivity index (χ1n) is 5.38. The molecule has 2 rings (SSSR count). The van der Waals surface area contributed by atoms with E-state index in [2.05, 4.69) is 10.3 Å². The Morgan fingerprint density at radius 2 is 2.32 bits per heavy atom. The van der Waals surface area contributed by atoms with Gasteiger partial charge in [0, 0.05) is 25.4 Å². The zero-order chi connectivity index (χ0) is 14.0. The lowest BCUT2D eigenvalue weighted by Gasteiger charge is -2.27. The van der Waals surface area contributed by atoms with E-state index in [1.165, 1.54) is 4.90 Å². The molecule has 2 heterocycles. The smallest absolute Gasteiger partial charge is 0.337 e. The SMILES string of the molecule is O=C1CN(c2ncc(C(=O)O)cc2[N+](=O)[O-])CCN1. The largest absolute Gasteiger partial charge is 0.478 e. The topological polar surface area (TPSA) is 126 Å². The summed E-state index contributed by atoms with van der Waals surface area (Å²) in [5.74, 6) is -1.55. The predicted molar refractivity (Wildman–Crippen MR) is 63.1 cm³/mol. The van der Waals surface area contributed by atoms with E-state index >= 15 is 0 Å². The van der Waals surface area contributed by atoms with Crippen LogP contribution >= 0.6 is 0 Å². The second-order valence-corrected chi connectivity index (χ2v) is 3.90. The molecule has 1 fully saturated rings. The Morgan fingerprint density at radius 3 is 2.89 bits per heavy atom. The van der Waals surface area contributed by atoms with Gasteiger partial charge in [0.1, 0.15) is 0 Å². The third kappa shape index (κ3) is 2.59. The molecule has 0 aromatic carbocycles. The fraction of sp³-hybridized carbons (Fsp3) is 0.300. The van der Waals surface area contributed by atoms with Crippen molar-refractivity contribution in [3.63, 3.8) is 0 Å². The van der Waals surface area contributed by atoms with Gasteiger partial charge in [0.25, 0.3) is 0 Å². The zero-order valence-electron chi connectivity index (χ0n) is 9.70. The molecule has 1 aliphatic rings. The summed E-state index contributed by atoms with van der Waals surface area (Å²) >= 11 is 0. The quantitative estimate of drug-likeness (QED) is 0.564. The van der Waals surface area contributed by atoms with Crippen LogP contribution in [0.1, 0.15) is 10.4 Å². The minimum Gasteiger partial charge on any atom is -0.478 e. The van der Waals surface area contributed by atoms with E-state index < -0.39 is 16.6 Å². The van der Waals surface area contributed by atoms with Crippen LogP contribution in [0, 0.1) is 10.1 Å². The molecule has 0 radical (unpaired) electrons. The van der Waals surface area contributed by atoms with E-state index in [1.807, 2.05) is 0 Å². The molecule has 0 saturated carbocycles. The highest BCUT2D eigenvalue weighted by atomic mass is 16.6. The molecule has 0 spiro atoms. The molecule has 0 atom stereocenters. The highest BCUT2D eigenvalue weighted by molar-refractivity contribution is 5.89. The zero-order valence-corrected chi connectivity index (χ0v) is 9.70. The third-order valence-electron chi connectivity index (χ3n) is 2.63. The van der Waals surface area contributed by atoms with Gasteiger partial charge in [0.2, 0.25) is 11.7 Å². The van der Waals surface area contributed by atoms with E-state index in [9.17, 15) is 19.7 Å². The number of nitrogens with zero attached hydrogens (tertiary/aromatic N) is 3. The average molecular weight is 266 g/mol. The van der Waals surface area contributed by atoms with Crippen molar-refractivity contribution in [2.45, 2.75) is 0 Å². The van der Waals surface area contributed by atoms with Crippen molar-refractivity contribution in [1.82, 2.24) is 10.3 Å². The highest BCUT2D eigenvalue weighted by Gasteiger charge is 2.26. The fourth-order valence-corrected chi connectivity index (χ4v) is 1.76. The molecule has 1 aromatic heterocycles. The van der Waals surface area contributed by atoms with E-state index in [-0.39, 0.29) is 23.8 Å². The van der Waals surface area contributed by atoms with Gasteiger partial charge in [-0.1, -0.05) is 0 Å². The number of hydrogen-bond acceptors (Lipinski definition) is 6. The van der Waals surface area contributed by atoms with E-state index in [0.29, 0.717) is 13.1 Å². The van der Waals surface area contributed by atoms with Gasteiger partial charge in [-0.25, -0.2) is 9.78 Å². The Hall–Kier alpha value is -2.71. The van der Waals surface area contributed by atoms with Crippen LogP contribution < -0.4 is 10.2 Å². The van der Waals surface area contributed by atoms with Gasteiger partial charge in [0.15, 0.2) is 0 Å². The van der Waals surface area contributed by atoms with E-state index in [4.69, 9.17) is 5.11 Å². The van der Waals surface area contributed by atoms with Crippen LogP contribution in [0.25, 0.3) is 0 Å².